The second-order valence-corrected chi connectivity index (χ2v) is 3.53. The zero-order chi connectivity index (χ0) is 12.5. The molecule has 0 saturated carbocycles. The van der Waals surface area contributed by atoms with E-state index in [1.807, 2.05) is 18.2 Å². The summed E-state index contributed by atoms with van der Waals surface area (Å²) < 4.78 is 10.8. The Morgan fingerprint density at radius 3 is 2.41 bits per heavy atom. The Hall–Kier alpha value is -1.75. The van der Waals surface area contributed by atoms with Crippen molar-refractivity contribution in [1.29, 1.82) is 0 Å². The van der Waals surface area contributed by atoms with Gasteiger partial charge in [0.1, 0.15) is 18.1 Å². The number of carbonyl (C=O) groups is 1. The molecule has 1 aromatic carbocycles. The smallest absolute Gasteiger partial charge is 0.217 e. The Morgan fingerprint density at radius 1 is 1.18 bits per heavy atom. The summed E-state index contributed by atoms with van der Waals surface area (Å²) in [4.78, 5) is 10.5. The molecule has 0 aromatic heterocycles. The van der Waals surface area contributed by atoms with Gasteiger partial charge in [-0.25, -0.2) is 0 Å². The highest BCUT2D eigenvalue weighted by Crippen LogP contribution is 2.19. The van der Waals surface area contributed by atoms with Gasteiger partial charge in [0.15, 0.2) is 0 Å². The summed E-state index contributed by atoms with van der Waals surface area (Å²) in [5.41, 5.74) is 10.4. The highest BCUT2D eigenvalue weighted by Gasteiger charge is 1.99. The lowest BCUT2D eigenvalue weighted by molar-refractivity contribution is -0.118. The summed E-state index contributed by atoms with van der Waals surface area (Å²) >= 11 is 0. The maximum absolute atomic E-state index is 10.5. The first-order valence-electron chi connectivity index (χ1n) is 5.56. The van der Waals surface area contributed by atoms with E-state index in [1.165, 1.54) is 0 Å². The van der Waals surface area contributed by atoms with Crippen LogP contribution in [0.4, 0.5) is 0 Å². The summed E-state index contributed by atoms with van der Waals surface area (Å²) in [6.45, 7) is 1.41. The third-order valence-electron chi connectivity index (χ3n) is 2.03. The molecule has 0 radical (unpaired) electrons. The molecule has 4 N–H and O–H groups in total. The number of carbonyl (C=O) groups excluding carboxylic acids is 1. The van der Waals surface area contributed by atoms with E-state index in [9.17, 15) is 4.79 Å². The third kappa shape index (κ3) is 5.77. The first kappa shape index (κ1) is 13.3. The predicted octanol–water partition coefficient (Wildman–Crippen LogP) is 0.668. The molecular formula is C12H18N2O3. The van der Waals surface area contributed by atoms with E-state index in [2.05, 4.69) is 0 Å². The van der Waals surface area contributed by atoms with Crippen molar-refractivity contribution in [2.75, 3.05) is 19.8 Å². The average molecular weight is 238 g/mol. The molecule has 0 spiro atoms. The summed E-state index contributed by atoms with van der Waals surface area (Å²) in [6.07, 6.45) is 0.951. The second kappa shape index (κ2) is 7.51. The van der Waals surface area contributed by atoms with Gasteiger partial charge in [-0.15, -0.1) is 0 Å². The summed E-state index contributed by atoms with van der Waals surface area (Å²) in [5, 5.41) is 0. The number of amides is 1. The van der Waals surface area contributed by atoms with Gasteiger partial charge in [0.05, 0.1) is 6.61 Å². The van der Waals surface area contributed by atoms with Gasteiger partial charge in [-0.3, -0.25) is 4.79 Å². The van der Waals surface area contributed by atoms with E-state index in [0.29, 0.717) is 38.3 Å². The van der Waals surface area contributed by atoms with Crippen molar-refractivity contribution in [2.24, 2.45) is 11.5 Å². The fourth-order valence-corrected chi connectivity index (χ4v) is 1.27. The zero-order valence-corrected chi connectivity index (χ0v) is 9.72. The molecule has 0 aliphatic heterocycles. The molecule has 1 amide bonds. The van der Waals surface area contributed by atoms with Gasteiger partial charge in [-0.05, 0) is 18.6 Å². The number of primary amides is 1. The molecule has 0 heterocycles. The maximum atomic E-state index is 10.5. The molecule has 0 fully saturated rings. The molecule has 0 aliphatic carbocycles. The van der Waals surface area contributed by atoms with Gasteiger partial charge in [0.2, 0.25) is 5.91 Å². The summed E-state index contributed by atoms with van der Waals surface area (Å²) in [7, 11) is 0. The summed E-state index contributed by atoms with van der Waals surface area (Å²) in [6, 6.07) is 7.31. The molecule has 1 rings (SSSR count). The van der Waals surface area contributed by atoms with E-state index in [1.54, 1.807) is 6.07 Å². The lowest BCUT2D eigenvalue weighted by Crippen LogP contribution is -2.12. The molecular weight excluding hydrogens is 220 g/mol. The molecule has 0 atom stereocenters. The minimum absolute atomic E-state index is 0.311. The average Bonchev–Trinajstić information content (AvgIpc) is 2.32. The van der Waals surface area contributed by atoms with Gasteiger partial charge in [0, 0.05) is 19.0 Å². The van der Waals surface area contributed by atoms with Crippen LogP contribution in [0.2, 0.25) is 0 Å². The van der Waals surface area contributed by atoms with Crippen LogP contribution >= 0.6 is 0 Å². The van der Waals surface area contributed by atoms with E-state index < -0.39 is 0 Å². The van der Waals surface area contributed by atoms with E-state index in [0.717, 1.165) is 5.75 Å². The highest BCUT2D eigenvalue weighted by atomic mass is 16.5. The Labute approximate surface area is 101 Å². The first-order valence-corrected chi connectivity index (χ1v) is 5.56. The fourth-order valence-electron chi connectivity index (χ4n) is 1.27. The van der Waals surface area contributed by atoms with Crippen molar-refractivity contribution in [3.8, 4) is 11.5 Å². The Kier molecular flexibility index (Phi) is 5.88. The molecule has 17 heavy (non-hydrogen) atoms. The van der Waals surface area contributed by atoms with E-state index in [-0.39, 0.29) is 5.91 Å². The molecule has 0 saturated heterocycles. The monoisotopic (exact) mass is 238 g/mol. The van der Waals surface area contributed by atoms with Crippen LogP contribution in [-0.2, 0) is 4.79 Å². The lowest BCUT2D eigenvalue weighted by Gasteiger charge is -2.08. The molecule has 1 aromatic rings. The molecule has 94 valence electrons. The highest BCUT2D eigenvalue weighted by molar-refractivity contribution is 5.73. The second-order valence-electron chi connectivity index (χ2n) is 3.53. The quantitative estimate of drug-likeness (QED) is 0.651. The van der Waals surface area contributed by atoms with Crippen LogP contribution in [0.25, 0.3) is 0 Å². The predicted molar refractivity (Wildman–Crippen MR) is 64.9 cm³/mol. The number of benzene rings is 1. The lowest BCUT2D eigenvalue weighted by atomic mass is 10.3. The van der Waals surface area contributed by atoms with Crippen molar-refractivity contribution in [3.05, 3.63) is 24.3 Å². The van der Waals surface area contributed by atoms with Gasteiger partial charge in [-0.1, -0.05) is 6.07 Å². The van der Waals surface area contributed by atoms with Crippen LogP contribution in [0.1, 0.15) is 12.8 Å². The standard InChI is InChI=1S/C12H18N2O3/c13-6-8-17-11-4-1-3-10(9-11)16-7-2-5-12(14)15/h1,3-4,9H,2,5-8,13H2,(H2,14,15). The van der Waals surface area contributed by atoms with Crippen molar-refractivity contribution in [3.63, 3.8) is 0 Å². The SMILES string of the molecule is NCCOc1cccc(OCCCC(N)=O)c1. The van der Waals surface area contributed by atoms with Gasteiger partial charge >= 0.3 is 0 Å². The summed E-state index contributed by atoms with van der Waals surface area (Å²) in [5.74, 6) is 1.13. The van der Waals surface area contributed by atoms with Gasteiger partial charge in [0.25, 0.3) is 0 Å². The zero-order valence-electron chi connectivity index (χ0n) is 9.72. The van der Waals surface area contributed by atoms with Crippen LogP contribution in [-0.4, -0.2) is 25.7 Å². The molecule has 0 unspecified atom stereocenters. The van der Waals surface area contributed by atoms with Crippen LogP contribution in [0.15, 0.2) is 24.3 Å². The normalized spacial score (nSPS) is 9.94. The minimum Gasteiger partial charge on any atom is -0.493 e. The molecule has 5 nitrogen and oxygen atoms in total. The van der Waals surface area contributed by atoms with Gasteiger partial charge in [-0.2, -0.15) is 0 Å². The molecule has 0 aliphatic rings. The van der Waals surface area contributed by atoms with Crippen molar-refractivity contribution in [2.45, 2.75) is 12.8 Å². The van der Waals surface area contributed by atoms with E-state index >= 15 is 0 Å². The third-order valence-corrected chi connectivity index (χ3v) is 2.03. The largest absolute Gasteiger partial charge is 0.493 e. The molecule has 5 heteroatoms. The molecule has 0 bridgehead atoms. The fraction of sp³-hybridized carbons (Fsp3) is 0.417. The van der Waals surface area contributed by atoms with Crippen molar-refractivity contribution in [1.82, 2.24) is 0 Å². The van der Waals surface area contributed by atoms with Crippen molar-refractivity contribution >= 4 is 5.91 Å². The first-order chi connectivity index (χ1) is 8.22. The Balaban J connectivity index is 2.34. The van der Waals surface area contributed by atoms with Crippen LogP contribution in [0.3, 0.4) is 0 Å². The maximum Gasteiger partial charge on any atom is 0.217 e. The number of nitrogens with two attached hydrogens (primary N) is 2. The number of ether oxygens (including phenoxy) is 2. The van der Waals surface area contributed by atoms with Crippen LogP contribution in [0, 0.1) is 0 Å². The van der Waals surface area contributed by atoms with Crippen molar-refractivity contribution < 1.29 is 14.3 Å². The number of hydrogen-bond donors (Lipinski definition) is 2. The van der Waals surface area contributed by atoms with Gasteiger partial charge < -0.3 is 20.9 Å². The minimum atomic E-state index is -0.311. The topological polar surface area (TPSA) is 87.6 Å². The van der Waals surface area contributed by atoms with Crippen LogP contribution < -0.4 is 20.9 Å². The Bertz CT molecular complexity index is 355. The number of rotatable bonds is 8. The van der Waals surface area contributed by atoms with E-state index in [4.69, 9.17) is 20.9 Å². The van der Waals surface area contributed by atoms with Crippen LogP contribution in [0.5, 0.6) is 11.5 Å². The number of hydrogen-bond acceptors (Lipinski definition) is 4. The Morgan fingerprint density at radius 2 is 1.82 bits per heavy atom.